The molecule has 0 bridgehead atoms. The van der Waals surface area contributed by atoms with Gasteiger partial charge in [0.25, 0.3) is 0 Å². The number of imidazole rings is 1. The average Bonchev–Trinajstić information content (AvgIpc) is 3.06. The summed E-state index contributed by atoms with van der Waals surface area (Å²) in [6.07, 6.45) is 3.71. The van der Waals surface area contributed by atoms with Crippen molar-refractivity contribution in [3.63, 3.8) is 0 Å². The first-order valence-corrected chi connectivity index (χ1v) is 7.66. The fourth-order valence-electron chi connectivity index (χ4n) is 2.02. The summed E-state index contributed by atoms with van der Waals surface area (Å²) in [6.45, 7) is 2.52. The lowest BCUT2D eigenvalue weighted by atomic mass is 10.2. The summed E-state index contributed by atoms with van der Waals surface area (Å²) in [6, 6.07) is 6.48. The van der Waals surface area contributed by atoms with Crippen LogP contribution in [0.5, 0.6) is 0 Å². The first kappa shape index (κ1) is 14.1. The van der Waals surface area contributed by atoms with Crippen molar-refractivity contribution < 1.29 is 4.39 Å². The zero-order valence-corrected chi connectivity index (χ0v) is 12.9. The maximum Gasteiger partial charge on any atom is 0.124 e. The second-order valence-electron chi connectivity index (χ2n) is 4.61. The number of aryl methyl sites for hydroxylation is 1. The Bertz CT molecular complexity index is 766. The van der Waals surface area contributed by atoms with Gasteiger partial charge in [0.1, 0.15) is 16.6 Å². The van der Waals surface area contributed by atoms with E-state index in [2.05, 4.69) is 16.4 Å². The molecule has 3 aromatic rings. The molecule has 108 valence electrons. The summed E-state index contributed by atoms with van der Waals surface area (Å²) >= 11 is 7.64. The van der Waals surface area contributed by atoms with E-state index in [4.69, 9.17) is 11.6 Å². The van der Waals surface area contributed by atoms with E-state index in [1.165, 1.54) is 12.1 Å². The Morgan fingerprint density at radius 1 is 1.38 bits per heavy atom. The lowest BCUT2D eigenvalue weighted by molar-refractivity contribution is 0.627. The van der Waals surface area contributed by atoms with Gasteiger partial charge in [-0.15, -0.1) is 11.3 Å². The molecule has 0 aliphatic rings. The maximum absolute atomic E-state index is 13.0. The Kier molecular flexibility index (Phi) is 3.94. The molecule has 0 atom stereocenters. The van der Waals surface area contributed by atoms with Crippen molar-refractivity contribution in [1.29, 1.82) is 0 Å². The zero-order chi connectivity index (χ0) is 14.8. The number of hydrogen-bond donors (Lipinski definition) is 1. The van der Waals surface area contributed by atoms with Gasteiger partial charge < -0.3 is 5.32 Å². The molecule has 3 rings (SSSR count). The van der Waals surface area contributed by atoms with Crippen molar-refractivity contribution in [3.8, 4) is 5.00 Å². The molecule has 6 heteroatoms. The van der Waals surface area contributed by atoms with E-state index in [1.807, 2.05) is 23.1 Å². The number of rotatable bonds is 4. The first-order chi connectivity index (χ1) is 10.1. The van der Waals surface area contributed by atoms with Crippen LogP contribution in [0.25, 0.3) is 5.00 Å². The minimum atomic E-state index is -0.322. The van der Waals surface area contributed by atoms with Crippen LogP contribution in [0.3, 0.4) is 0 Å². The van der Waals surface area contributed by atoms with E-state index in [0.29, 0.717) is 11.6 Å². The minimum absolute atomic E-state index is 0.322. The highest BCUT2D eigenvalue weighted by atomic mass is 35.5. The third-order valence-electron chi connectivity index (χ3n) is 3.15. The molecular formula is C15H13ClFN3S. The van der Waals surface area contributed by atoms with Gasteiger partial charge in [0, 0.05) is 35.0 Å². The molecule has 1 N–H and O–H groups in total. The number of nitrogens with one attached hydrogen (secondary N) is 1. The Morgan fingerprint density at radius 2 is 2.24 bits per heavy atom. The Balaban J connectivity index is 1.72. The maximum atomic E-state index is 13.0. The van der Waals surface area contributed by atoms with Crippen LogP contribution in [-0.2, 0) is 6.54 Å². The normalized spacial score (nSPS) is 10.8. The van der Waals surface area contributed by atoms with Crippen LogP contribution < -0.4 is 5.32 Å². The molecule has 0 saturated heterocycles. The van der Waals surface area contributed by atoms with Gasteiger partial charge in [-0.1, -0.05) is 17.7 Å². The van der Waals surface area contributed by atoms with Crippen LogP contribution in [0, 0.1) is 12.7 Å². The fraction of sp³-hybridized carbons (Fsp3) is 0.133. The van der Waals surface area contributed by atoms with Crippen molar-refractivity contribution >= 4 is 28.6 Å². The zero-order valence-electron chi connectivity index (χ0n) is 11.3. The molecule has 2 heterocycles. The second-order valence-corrected chi connectivity index (χ2v) is 5.90. The van der Waals surface area contributed by atoms with Gasteiger partial charge in [0.05, 0.1) is 0 Å². The van der Waals surface area contributed by atoms with Gasteiger partial charge >= 0.3 is 0 Å². The molecule has 0 saturated carbocycles. The van der Waals surface area contributed by atoms with Gasteiger partial charge in [-0.2, -0.15) is 0 Å². The molecule has 0 fully saturated rings. The van der Waals surface area contributed by atoms with Crippen molar-refractivity contribution in [2.75, 3.05) is 5.32 Å². The molecule has 1 aromatic carbocycles. The number of halogens is 2. The van der Waals surface area contributed by atoms with Gasteiger partial charge in [0.15, 0.2) is 0 Å². The molecule has 0 radical (unpaired) electrons. The summed E-state index contributed by atoms with van der Waals surface area (Å²) < 4.78 is 15.0. The topological polar surface area (TPSA) is 29.9 Å². The number of anilines is 1. The van der Waals surface area contributed by atoms with Crippen molar-refractivity contribution in [1.82, 2.24) is 9.55 Å². The predicted octanol–water partition coefficient (Wildman–Crippen LogP) is 4.65. The SMILES string of the molecule is Cc1nccn1-c1cc(NCc2ccc(F)cc2Cl)cs1. The smallest absolute Gasteiger partial charge is 0.124 e. The summed E-state index contributed by atoms with van der Waals surface area (Å²) in [5, 5.41) is 6.86. The highest BCUT2D eigenvalue weighted by molar-refractivity contribution is 7.13. The number of nitrogens with zero attached hydrogens (tertiary/aromatic N) is 2. The van der Waals surface area contributed by atoms with Gasteiger partial charge in [-0.05, 0) is 30.7 Å². The van der Waals surface area contributed by atoms with Crippen molar-refractivity contribution in [2.45, 2.75) is 13.5 Å². The van der Waals surface area contributed by atoms with Gasteiger partial charge in [-0.3, -0.25) is 4.57 Å². The van der Waals surface area contributed by atoms with E-state index >= 15 is 0 Å². The first-order valence-electron chi connectivity index (χ1n) is 6.40. The largest absolute Gasteiger partial charge is 0.380 e. The summed E-state index contributed by atoms with van der Waals surface area (Å²) in [5.74, 6) is 0.627. The predicted molar refractivity (Wildman–Crippen MR) is 84.9 cm³/mol. The average molecular weight is 322 g/mol. The molecule has 0 amide bonds. The molecule has 0 spiro atoms. The summed E-state index contributed by atoms with van der Waals surface area (Å²) in [7, 11) is 0. The van der Waals surface area contributed by atoms with E-state index < -0.39 is 0 Å². The quantitative estimate of drug-likeness (QED) is 0.758. The lowest BCUT2D eigenvalue weighted by Gasteiger charge is -2.06. The lowest BCUT2D eigenvalue weighted by Crippen LogP contribution is -1.99. The molecule has 0 unspecified atom stereocenters. The molecule has 2 aromatic heterocycles. The van der Waals surface area contributed by atoms with Crippen LogP contribution in [-0.4, -0.2) is 9.55 Å². The Hall–Kier alpha value is -1.85. The fourth-order valence-corrected chi connectivity index (χ4v) is 3.15. The summed E-state index contributed by atoms with van der Waals surface area (Å²) in [4.78, 5) is 4.21. The third kappa shape index (κ3) is 3.09. The van der Waals surface area contributed by atoms with Crippen LogP contribution in [0.1, 0.15) is 11.4 Å². The minimum Gasteiger partial charge on any atom is -0.380 e. The highest BCUT2D eigenvalue weighted by Crippen LogP contribution is 2.25. The van der Waals surface area contributed by atoms with E-state index in [-0.39, 0.29) is 5.82 Å². The Morgan fingerprint density at radius 3 is 2.95 bits per heavy atom. The third-order valence-corrected chi connectivity index (χ3v) is 4.43. The van der Waals surface area contributed by atoms with Crippen molar-refractivity contribution in [2.24, 2.45) is 0 Å². The van der Waals surface area contributed by atoms with Gasteiger partial charge in [-0.25, -0.2) is 9.37 Å². The van der Waals surface area contributed by atoms with Crippen molar-refractivity contribution in [3.05, 3.63) is 64.3 Å². The van der Waals surface area contributed by atoms with Crippen LogP contribution in [0.4, 0.5) is 10.1 Å². The monoisotopic (exact) mass is 321 g/mol. The van der Waals surface area contributed by atoms with E-state index in [0.717, 1.165) is 22.1 Å². The molecular weight excluding hydrogens is 309 g/mol. The van der Waals surface area contributed by atoms with E-state index in [9.17, 15) is 4.39 Å². The molecule has 0 aliphatic carbocycles. The summed E-state index contributed by atoms with van der Waals surface area (Å²) in [5.41, 5.74) is 1.87. The standard InChI is InChI=1S/C15H13ClFN3S/c1-10-18-4-5-20(10)15-7-13(9-21-15)19-8-11-2-3-12(17)6-14(11)16/h2-7,9,19H,8H2,1H3. The molecule has 21 heavy (non-hydrogen) atoms. The number of aromatic nitrogens is 2. The number of benzene rings is 1. The van der Waals surface area contributed by atoms with E-state index in [1.54, 1.807) is 23.6 Å². The van der Waals surface area contributed by atoms with Crippen LogP contribution in [0.15, 0.2) is 42.0 Å². The number of hydrogen-bond acceptors (Lipinski definition) is 3. The van der Waals surface area contributed by atoms with Crippen LogP contribution >= 0.6 is 22.9 Å². The molecule has 0 aliphatic heterocycles. The number of thiophene rings is 1. The molecule has 3 nitrogen and oxygen atoms in total. The Labute approximate surface area is 131 Å². The highest BCUT2D eigenvalue weighted by Gasteiger charge is 2.06. The van der Waals surface area contributed by atoms with Crippen LogP contribution in [0.2, 0.25) is 5.02 Å². The van der Waals surface area contributed by atoms with Gasteiger partial charge in [0.2, 0.25) is 0 Å². The second kappa shape index (κ2) is 5.87.